The van der Waals surface area contributed by atoms with Crippen molar-refractivity contribution in [3.05, 3.63) is 44.3 Å². The molecule has 2 N–H and O–H groups in total. The van der Waals surface area contributed by atoms with Crippen LogP contribution >= 0.6 is 27.3 Å². The molecule has 1 amide bonds. The van der Waals surface area contributed by atoms with E-state index in [1.165, 1.54) is 0 Å². The predicted molar refractivity (Wildman–Crippen MR) is 81.2 cm³/mol. The van der Waals surface area contributed by atoms with E-state index < -0.39 is 0 Å². The van der Waals surface area contributed by atoms with E-state index in [-0.39, 0.29) is 5.91 Å². The van der Waals surface area contributed by atoms with Crippen LogP contribution in [0.4, 0.5) is 5.69 Å². The van der Waals surface area contributed by atoms with Gasteiger partial charge in [-0.1, -0.05) is 6.07 Å². The zero-order chi connectivity index (χ0) is 14.0. The summed E-state index contributed by atoms with van der Waals surface area (Å²) in [5, 5.41) is 2.97. The maximum atomic E-state index is 12.3. The summed E-state index contributed by atoms with van der Waals surface area (Å²) in [6.45, 7) is 2.44. The number of aromatic nitrogens is 1. The molecule has 0 unspecified atom stereocenters. The van der Waals surface area contributed by atoms with Gasteiger partial charge >= 0.3 is 0 Å². The molecule has 0 aliphatic rings. The Labute approximate surface area is 124 Å². The van der Waals surface area contributed by atoms with Crippen LogP contribution in [0.3, 0.4) is 0 Å². The first-order valence-corrected chi connectivity index (χ1v) is 7.36. The average molecular weight is 340 g/mol. The maximum Gasteiger partial charge on any atom is 0.255 e. The standard InChI is InChI=1S/C13H14BrN3OS/c1-8-16-9(7-19-8)6-17(2)13(18)10-4-3-5-11(15)12(10)14/h3-5,7H,6,15H2,1-2H3. The van der Waals surface area contributed by atoms with E-state index in [4.69, 9.17) is 5.73 Å². The fourth-order valence-corrected chi connectivity index (χ4v) is 2.75. The molecule has 2 aromatic rings. The Kier molecular flexibility index (Phi) is 4.21. The summed E-state index contributed by atoms with van der Waals surface area (Å²) in [5.74, 6) is -0.0789. The molecule has 0 aliphatic heterocycles. The van der Waals surface area contributed by atoms with Crippen LogP contribution in [-0.2, 0) is 6.54 Å². The number of anilines is 1. The summed E-state index contributed by atoms with van der Waals surface area (Å²) in [6, 6.07) is 5.28. The Morgan fingerprint density at radius 2 is 2.26 bits per heavy atom. The van der Waals surface area contributed by atoms with Crippen molar-refractivity contribution >= 4 is 38.9 Å². The molecule has 0 radical (unpaired) electrons. The number of halogens is 1. The smallest absolute Gasteiger partial charge is 0.255 e. The molecule has 0 atom stereocenters. The Morgan fingerprint density at radius 1 is 1.53 bits per heavy atom. The number of nitrogens with zero attached hydrogens (tertiary/aromatic N) is 2. The lowest BCUT2D eigenvalue weighted by Crippen LogP contribution is -2.26. The van der Waals surface area contributed by atoms with Crippen molar-refractivity contribution in [3.8, 4) is 0 Å². The van der Waals surface area contributed by atoms with Gasteiger partial charge < -0.3 is 10.6 Å². The van der Waals surface area contributed by atoms with Crippen LogP contribution in [0.15, 0.2) is 28.1 Å². The summed E-state index contributed by atoms with van der Waals surface area (Å²) < 4.78 is 0.640. The van der Waals surface area contributed by atoms with Gasteiger partial charge in [0.2, 0.25) is 0 Å². The van der Waals surface area contributed by atoms with Gasteiger partial charge in [0, 0.05) is 18.1 Å². The van der Waals surface area contributed by atoms with Gasteiger partial charge in [0.15, 0.2) is 0 Å². The van der Waals surface area contributed by atoms with Crippen LogP contribution in [0, 0.1) is 6.92 Å². The molecular weight excluding hydrogens is 326 g/mol. The fraction of sp³-hybridized carbons (Fsp3) is 0.231. The highest BCUT2D eigenvalue weighted by Crippen LogP contribution is 2.25. The Hall–Kier alpha value is -1.40. The summed E-state index contributed by atoms with van der Waals surface area (Å²) in [6.07, 6.45) is 0. The minimum absolute atomic E-state index is 0.0789. The van der Waals surface area contributed by atoms with E-state index >= 15 is 0 Å². The highest BCUT2D eigenvalue weighted by Gasteiger charge is 2.17. The van der Waals surface area contributed by atoms with Crippen molar-refractivity contribution in [2.24, 2.45) is 0 Å². The molecular formula is C13H14BrN3OS. The third-order valence-electron chi connectivity index (χ3n) is 2.67. The third kappa shape index (κ3) is 3.13. The molecule has 0 aliphatic carbocycles. The van der Waals surface area contributed by atoms with Gasteiger partial charge in [-0.3, -0.25) is 4.79 Å². The number of nitrogens with two attached hydrogens (primary N) is 1. The van der Waals surface area contributed by atoms with E-state index in [2.05, 4.69) is 20.9 Å². The second kappa shape index (κ2) is 5.71. The number of carbonyl (C=O) groups is 1. The minimum atomic E-state index is -0.0789. The number of nitrogen functional groups attached to an aromatic ring is 1. The quantitative estimate of drug-likeness (QED) is 0.874. The van der Waals surface area contributed by atoms with E-state index in [1.54, 1.807) is 41.5 Å². The number of amides is 1. The van der Waals surface area contributed by atoms with Gasteiger partial charge in [-0.15, -0.1) is 11.3 Å². The molecule has 1 aromatic heterocycles. The fourth-order valence-electron chi connectivity index (χ4n) is 1.72. The van der Waals surface area contributed by atoms with Gasteiger partial charge in [-0.2, -0.15) is 0 Å². The van der Waals surface area contributed by atoms with Gasteiger partial charge in [0.1, 0.15) is 0 Å². The van der Waals surface area contributed by atoms with E-state index in [1.807, 2.05) is 12.3 Å². The molecule has 2 rings (SSSR count). The lowest BCUT2D eigenvalue weighted by atomic mass is 10.2. The molecule has 0 saturated carbocycles. The summed E-state index contributed by atoms with van der Waals surface area (Å²) >= 11 is 4.93. The molecule has 6 heteroatoms. The van der Waals surface area contributed by atoms with E-state index in [0.717, 1.165) is 10.7 Å². The van der Waals surface area contributed by atoms with Crippen molar-refractivity contribution < 1.29 is 4.79 Å². The highest BCUT2D eigenvalue weighted by atomic mass is 79.9. The Morgan fingerprint density at radius 3 is 2.89 bits per heavy atom. The first-order chi connectivity index (χ1) is 8.99. The second-order valence-electron chi connectivity index (χ2n) is 4.23. The van der Waals surface area contributed by atoms with Gasteiger partial charge in [-0.05, 0) is 35.0 Å². The molecule has 0 fully saturated rings. The summed E-state index contributed by atoms with van der Waals surface area (Å²) in [7, 11) is 1.76. The first kappa shape index (κ1) is 14.0. The number of carbonyl (C=O) groups excluding carboxylic acids is 1. The first-order valence-electron chi connectivity index (χ1n) is 5.69. The molecule has 100 valence electrons. The largest absolute Gasteiger partial charge is 0.398 e. The maximum absolute atomic E-state index is 12.3. The van der Waals surface area contributed by atoms with Crippen LogP contribution in [0.2, 0.25) is 0 Å². The number of aryl methyl sites for hydroxylation is 1. The predicted octanol–water partition coefficient (Wildman–Crippen LogP) is 3.07. The molecule has 0 bridgehead atoms. The molecule has 0 spiro atoms. The molecule has 4 nitrogen and oxygen atoms in total. The van der Waals surface area contributed by atoms with Crippen molar-refractivity contribution in [1.29, 1.82) is 0 Å². The number of hydrogen-bond donors (Lipinski definition) is 1. The van der Waals surface area contributed by atoms with E-state index in [0.29, 0.717) is 22.3 Å². The van der Waals surface area contributed by atoms with Crippen LogP contribution in [0.1, 0.15) is 21.1 Å². The zero-order valence-electron chi connectivity index (χ0n) is 10.7. The van der Waals surface area contributed by atoms with Crippen LogP contribution in [0.25, 0.3) is 0 Å². The second-order valence-corrected chi connectivity index (χ2v) is 6.08. The number of benzene rings is 1. The molecule has 1 heterocycles. The normalized spacial score (nSPS) is 10.5. The molecule has 1 aromatic carbocycles. The van der Waals surface area contributed by atoms with Crippen molar-refractivity contribution in [3.63, 3.8) is 0 Å². The van der Waals surface area contributed by atoms with Crippen molar-refractivity contribution in [1.82, 2.24) is 9.88 Å². The monoisotopic (exact) mass is 339 g/mol. The third-order valence-corrected chi connectivity index (χ3v) is 4.38. The van der Waals surface area contributed by atoms with Gasteiger partial charge in [0.25, 0.3) is 5.91 Å². The van der Waals surface area contributed by atoms with Crippen molar-refractivity contribution in [2.45, 2.75) is 13.5 Å². The minimum Gasteiger partial charge on any atom is -0.398 e. The van der Waals surface area contributed by atoms with Gasteiger partial charge in [-0.25, -0.2) is 4.98 Å². The van der Waals surface area contributed by atoms with Crippen LogP contribution in [0.5, 0.6) is 0 Å². The number of rotatable bonds is 3. The number of hydrogen-bond acceptors (Lipinski definition) is 4. The molecule has 19 heavy (non-hydrogen) atoms. The Bertz CT molecular complexity index is 612. The van der Waals surface area contributed by atoms with Crippen LogP contribution < -0.4 is 5.73 Å². The van der Waals surface area contributed by atoms with Crippen LogP contribution in [-0.4, -0.2) is 22.8 Å². The average Bonchev–Trinajstić information content (AvgIpc) is 2.77. The summed E-state index contributed by atoms with van der Waals surface area (Å²) in [5.41, 5.74) is 7.81. The van der Waals surface area contributed by atoms with Crippen molar-refractivity contribution in [2.75, 3.05) is 12.8 Å². The van der Waals surface area contributed by atoms with Gasteiger partial charge in [0.05, 0.1) is 27.3 Å². The zero-order valence-corrected chi connectivity index (χ0v) is 13.1. The topological polar surface area (TPSA) is 59.2 Å². The SMILES string of the molecule is Cc1nc(CN(C)C(=O)c2cccc(N)c2Br)cs1. The lowest BCUT2D eigenvalue weighted by Gasteiger charge is -2.17. The highest BCUT2D eigenvalue weighted by molar-refractivity contribution is 9.10. The van der Waals surface area contributed by atoms with E-state index in [9.17, 15) is 4.79 Å². The Balaban J connectivity index is 2.17. The number of thiazole rings is 1. The molecule has 0 saturated heterocycles. The summed E-state index contributed by atoms with van der Waals surface area (Å²) in [4.78, 5) is 18.3. The lowest BCUT2D eigenvalue weighted by molar-refractivity contribution is 0.0782.